The number of carboxylic acids is 1. The molecule has 0 spiro atoms. The minimum atomic E-state index is -1.04. The van der Waals surface area contributed by atoms with Crippen molar-refractivity contribution in [2.75, 3.05) is 13.2 Å². The first-order chi connectivity index (χ1) is 8.90. The van der Waals surface area contributed by atoms with Gasteiger partial charge in [0, 0.05) is 12.1 Å². The van der Waals surface area contributed by atoms with Gasteiger partial charge in [-0.3, -0.25) is 4.79 Å². The minimum Gasteiger partial charge on any atom is -0.478 e. The van der Waals surface area contributed by atoms with Gasteiger partial charge in [0.15, 0.2) is 0 Å². The van der Waals surface area contributed by atoms with Crippen molar-refractivity contribution in [1.29, 1.82) is 0 Å². The second kappa shape index (κ2) is 6.89. The molecular formula is C14H19NO4. The smallest absolute Gasteiger partial charge is 0.335 e. The molecule has 1 aromatic carbocycles. The van der Waals surface area contributed by atoms with Gasteiger partial charge in [-0.25, -0.2) is 4.79 Å². The summed E-state index contributed by atoms with van der Waals surface area (Å²) >= 11 is 0. The van der Waals surface area contributed by atoms with Crippen molar-refractivity contribution < 1.29 is 19.4 Å². The van der Waals surface area contributed by atoms with Crippen LogP contribution in [0.2, 0.25) is 0 Å². The Morgan fingerprint density at radius 1 is 1.26 bits per heavy atom. The highest BCUT2D eigenvalue weighted by Crippen LogP contribution is 2.10. The van der Waals surface area contributed by atoms with E-state index in [0.29, 0.717) is 18.7 Å². The Labute approximate surface area is 112 Å². The number of hydrogen-bond acceptors (Lipinski definition) is 3. The topological polar surface area (TPSA) is 75.6 Å². The molecule has 0 radical (unpaired) electrons. The van der Waals surface area contributed by atoms with E-state index >= 15 is 0 Å². The lowest BCUT2D eigenvalue weighted by Crippen LogP contribution is -2.28. The van der Waals surface area contributed by atoms with Gasteiger partial charge in [0.05, 0.1) is 18.3 Å². The second-order valence-electron chi connectivity index (χ2n) is 4.57. The molecule has 0 unspecified atom stereocenters. The molecule has 0 bridgehead atoms. The summed E-state index contributed by atoms with van der Waals surface area (Å²) in [7, 11) is 0. The summed E-state index contributed by atoms with van der Waals surface area (Å²) in [6, 6.07) is 4.56. The zero-order valence-electron chi connectivity index (χ0n) is 11.4. The highest BCUT2D eigenvalue weighted by atomic mass is 16.5. The van der Waals surface area contributed by atoms with Crippen molar-refractivity contribution in [2.24, 2.45) is 0 Å². The SMILES string of the molecule is Cc1cc(C(=O)O)cc(C(=O)NCCOC(C)C)c1. The summed E-state index contributed by atoms with van der Waals surface area (Å²) in [6.07, 6.45) is 0.120. The normalized spacial score (nSPS) is 10.5. The summed E-state index contributed by atoms with van der Waals surface area (Å²) in [5.41, 5.74) is 1.20. The number of amides is 1. The molecule has 0 heterocycles. The summed E-state index contributed by atoms with van der Waals surface area (Å²) < 4.78 is 5.30. The average Bonchev–Trinajstić information content (AvgIpc) is 2.33. The molecule has 0 aliphatic heterocycles. The zero-order chi connectivity index (χ0) is 14.4. The Balaban J connectivity index is 2.64. The van der Waals surface area contributed by atoms with Crippen molar-refractivity contribution in [3.63, 3.8) is 0 Å². The molecule has 0 fully saturated rings. The number of carboxylic acid groups (broad SMARTS) is 1. The molecule has 104 valence electrons. The predicted octanol–water partition coefficient (Wildman–Crippen LogP) is 1.85. The van der Waals surface area contributed by atoms with Gasteiger partial charge in [-0.1, -0.05) is 0 Å². The van der Waals surface area contributed by atoms with Crippen molar-refractivity contribution in [1.82, 2.24) is 5.32 Å². The Morgan fingerprint density at radius 2 is 1.89 bits per heavy atom. The van der Waals surface area contributed by atoms with Crippen LogP contribution in [0, 0.1) is 6.92 Å². The van der Waals surface area contributed by atoms with E-state index in [1.54, 1.807) is 13.0 Å². The zero-order valence-corrected chi connectivity index (χ0v) is 11.4. The Hall–Kier alpha value is -1.88. The molecular weight excluding hydrogens is 246 g/mol. The van der Waals surface area contributed by atoms with E-state index < -0.39 is 5.97 Å². The molecule has 0 atom stereocenters. The van der Waals surface area contributed by atoms with Crippen LogP contribution >= 0.6 is 0 Å². The van der Waals surface area contributed by atoms with Crippen LogP contribution in [-0.2, 0) is 4.74 Å². The van der Waals surface area contributed by atoms with Gasteiger partial charge in [-0.15, -0.1) is 0 Å². The highest BCUT2D eigenvalue weighted by Gasteiger charge is 2.10. The van der Waals surface area contributed by atoms with Gasteiger partial charge in [0.2, 0.25) is 0 Å². The molecule has 2 N–H and O–H groups in total. The van der Waals surface area contributed by atoms with Crippen LogP contribution in [0.4, 0.5) is 0 Å². The lowest BCUT2D eigenvalue weighted by Gasteiger charge is -2.09. The van der Waals surface area contributed by atoms with Crippen LogP contribution in [0.5, 0.6) is 0 Å². The molecule has 0 aliphatic rings. The van der Waals surface area contributed by atoms with E-state index in [4.69, 9.17) is 9.84 Å². The first-order valence-electron chi connectivity index (χ1n) is 6.15. The number of aryl methyl sites for hydroxylation is 1. The Morgan fingerprint density at radius 3 is 2.47 bits per heavy atom. The van der Waals surface area contributed by atoms with Gasteiger partial charge < -0.3 is 15.2 Å². The van der Waals surface area contributed by atoms with Gasteiger partial charge in [0.25, 0.3) is 5.91 Å². The van der Waals surface area contributed by atoms with Crippen LogP contribution < -0.4 is 5.32 Å². The van der Waals surface area contributed by atoms with E-state index in [-0.39, 0.29) is 17.6 Å². The highest BCUT2D eigenvalue weighted by molar-refractivity contribution is 5.97. The maximum Gasteiger partial charge on any atom is 0.335 e. The van der Waals surface area contributed by atoms with Gasteiger partial charge in [-0.2, -0.15) is 0 Å². The fourth-order valence-electron chi connectivity index (χ4n) is 1.60. The van der Waals surface area contributed by atoms with Gasteiger partial charge >= 0.3 is 5.97 Å². The van der Waals surface area contributed by atoms with Crippen LogP contribution in [-0.4, -0.2) is 36.2 Å². The third-order valence-electron chi connectivity index (χ3n) is 2.43. The second-order valence-corrected chi connectivity index (χ2v) is 4.57. The Bertz CT molecular complexity index is 469. The number of nitrogens with one attached hydrogen (secondary N) is 1. The lowest BCUT2D eigenvalue weighted by molar-refractivity contribution is 0.0696. The molecule has 1 amide bonds. The van der Waals surface area contributed by atoms with Crippen molar-refractivity contribution >= 4 is 11.9 Å². The standard InChI is InChI=1S/C14H19NO4/c1-9(2)19-5-4-15-13(16)11-6-10(3)7-12(8-11)14(17)18/h6-9H,4-5H2,1-3H3,(H,15,16)(H,17,18). The van der Waals surface area contributed by atoms with E-state index in [2.05, 4.69) is 5.32 Å². The van der Waals surface area contributed by atoms with Crippen LogP contribution in [0.1, 0.15) is 40.1 Å². The third kappa shape index (κ3) is 5.09. The molecule has 5 nitrogen and oxygen atoms in total. The number of benzene rings is 1. The number of carbonyl (C=O) groups is 2. The maximum atomic E-state index is 11.9. The molecule has 0 aromatic heterocycles. The van der Waals surface area contributed by atoms with Crippen molar-refractivity contribution in [2.45, 2.75) is 26.9 Å². The molecule has 0 saturated carbocycles. The fourth-order valence-corrected chi connectivity index (χ4v) is 1.60. The molecule has 0 aliphatic carbocycles. The largest absolute Gasteiger partial charge is 0.478 e. The molecule has 1 aromatic rings. The first kappa shape index (κ1) is 15.2. The summed E-state index contributed by atoms with van der Waals surface area (Å²) in [5, 5.41) is 11.6. The summed E-state index contributed by atoms with van der Waals surface area (Å²) in [5.74, 6) is -1.33. The van der Waals surface area contributed by atoms with E-state index in [1.165, 1.54) is 12.1 Å². The van der Waals surface area contributed by atoms with E-state index in [9.17, 15) is 9.59 Å². The Kier molecular flexibility index (Phi) is 5.51. The summed E-state index contributed by atoms with van der Waals surface area (Å²) in [4.78, 5) is 22.8. The average molecular weight is 265 g/mol. The monoisotopic (exact) mass is 265 g/mol. The fraction of sp³-hybridized carbons (Fsp3) is 0.429. The first-order valence-corrected chi connectivity index (χ1v) is 6.15. The van der Waals surface area contributed by atoms with E-state index in [1.807, 2.05) is 13.8 Å². The van der Waals surface area contributed by atoms with Crippen LogP contribution in [0.15, 0.2) is 18.2 Å². The van der Waals surface area contributed by atoms with Gasteiger partial charge in [0.1, 0.15) is 0 Å². The molecule has 1 rings (SSSR count). The predicted molar refractivity (Wildman–Crippen MR) is 71.6 cm³/mol. The number of aromatic carboxylic acids is 1. The third-order valence-corrected chi connectivity index (χ3v) is 2.43. The quantitative estimate of drug-likeness (QED) is 0.770. The van der Waals surface area contributed by atoms with E-state index in [0.717, 1.165) is 5.56 Å². The minimum absolute atomic E-state index is 0.114. The maximum absolute atomic E-state index is 11.9. The van der Waals surface area contributed by atoms with Gasteiger partial charge in [-0.05, 0) is 44.5 Å². The van der Waals surface area contributed by atoms with Crippen LogP contribution in [0.25, 0.3) is 0 Å². The van der Waals surface area contributed by atoms with Crippen molar-refractivity contribution in [3.8, 4) is 0 Å². The van der Waals surface area contributed by atoms with Crippen molar-refractivity contribution in [3.05, 3.63) is 34.9 Å². The molecule has 19 heavy (non-hydrogen) atoms. The lowest BCUT2D eigenvalue weighted by atomic mass is 10.1. The molecule has 0 saturated heterocycles. The summed E-state index contributed by atoms with van der Waals surface area (Å²) in [6.45, 7) is 6.42. The molecule has 5 heteroatoms. The number of carbonyl (C=O) groups excluding carboxylic acids is 1. The number of hydrogen-bond donors (Lipinski definition) is 2. The number of ether oxygens (including phenoxy) is 1. The number of rotatable bonds is 6. The van der Waals surface area contributed by atoms with Crippen LogP contribution in [0.3, 0.4) is 0 Å².